The number of carbonyl (C=O) groups is 2. The van der Waals surface area contributed by atoms with E-state index in [1.165, 1.54) is 0 Å². The number of hydrogen-bond donors (Lipinski definition) is 3. The molecule has 0 bridgehead atoms. The predicted octanol–water partition coefficient (Wildman–Crippen LogP) is -0.876. The van der Waals surface area contributed by atoms with Crippen molar-refractivity contribution in [2.24, 2.45) is 0 Å². The number of amides is 1. The number of hydrogen-bond acceptors (Lipinski definition) is 3. The normalized spacial score (nSPS) is 8.75. The number of rotatable bonds is 4. The summed E-state index contributed by atoms with van der Waals surface area (Å²) in [7, 11) is 0. The molecule has 0 unspecified atom stereocenters. The second kappa shape index (κ2) is 5.48. The summed E-state index contributed by atoms with van der Waals surface area (Å²) in [5.74, 6) is -1.45. The van der Waals surface area contributed by atoms with Crippen LogP contribution in [0.4, 0.5) is 0 Å². The van der Waals surface area contributed by atoms with Crippen molar-refractivity contribution < 1.29 is 14.7 Å². The van der Waals surface area contributed by atoms with Crippen molar-refractivity contribution in [1.29, 1.82) is 0 Å². The summed E-state index contributed by atoms with van der Waals surface area (Å²) in [4.78, 5) is 21.2. The highest BCUT2D eigenvalue weighted by Crippen LogP contribution is 1.69. The van der Waals surface area contributed by atoms with E-state index in [0.717, 1.165) is 0 Å². The Morgan fingerprint density at radius 3 is 2.33 bits per heavy atom. The summed E-state index contributed by atoms with van der Waals surface area (Å²) < 4.78 is 0. The zero-order valence-electron chi connectivity index (χ0n) is 6.59. The molecule has 0 radical (unpaired) electrons. The molecule has 6 heteroatoms. The van der Waals surface area contributed by atoms with E-state index in [-0.39, 0.29) is 19.0 Å². The van der Waals surface area contributed by atoms with Gasteiger partial charge in [0.25, 0.3) is 0 Å². The fourth-order valence-electron chi connectivity index (χ4n) is 0.441. The largest absolute Gasteiger partial charge is 0.480 e. The van der Waals surface area contributed by atoms with Crippen LogP contribution in [0.15, 0.2) is 0 Å². The predicted molar refractivity (Wildman–Crippen MR) is 46.9 cm³/mol. The second-order valence-corrected chi connectivity index (χ2v) is 2.69. The van der Waals surface area contributed by atoms with Gasteiger partial charge in [-0.3, -0.25) is 9.59 Å². The lowest BCUT2D eigenvalue weighted by atomic mass is 10.5. The third kappa shape index (κ3) is 6.94. The summed E-state index contributed by atoms with van der Waals surface area (Å²) in [5, 5.41) is 13.0. The van der Waals surface area contributed by atoms with Gasteiger partial charge < -0.3 is 15.7 Å². The SMILES string of the molecule is CC(=S)NCC(=O)NCC(=O)O. The Morgan fingerprint density at radius 1 is 1.33 bits per heavy atom. The van der Waals surface area contributed by atoms with Gasteiger partial charge in [-0.25, -0.2) is 0 Å². The summed E-state index contributed by atoms with van der Waals surface area (Å²) in [6.45, 7) is 1.29. The van der Waals surface area contributed by atoms with E-state index < -0.39 is 5.97 Å². The summed E-state index contributed by atoms with van der Waals surface area (Å²) in [5.41, 5.74) is 0. The van der Waals surface area contributed by atoms with Gasteiger partial charge in [0.2, 0.25) is 5.91 Å². The van der Waals surface area contributed by atoms with Crippen molar-refractivity contribution in [3.8, 4) is 0 Å². The molecule has 0 aromatic rings. The van der Waals surface area contributed by atoms with E-state index in [0.29, 0.717) is 4.99 Å². The molecule has 0 aliphatic carbocycles. The highest BCUT2D eigenvalue weighted by Gasteiger charge is 2.02. The molecular weight excluding hydrogens is 180 g/mol. The van der Waals surface area contributed by atoms with E-state index in [1.54, 1.807) is 6.92 Å². The molecule has 0 fully saturated rings. The number of nitrogens with one attached hydrogen (secondary N) is 2. The maximum atomic E-state index is 10.8. The van der Waals surface area contributed by atoms with Crippen LogP contribution in [-0.2, 0) is 9.59 Å². The molecule has 0 saturated heterocycles. The smallest absolute Gasteiger partial charge is 0.322 e. The number of aliphatic carboxylic acids is 1. The Morgan fingerprint density at radius 2 is 1.92 bits per heavy atom. The lowest BCUT2D eigenvalue weighted by Crippen LogP contribution is -2.37. The number of carboxylic acids is 1. The van der Waals surface area contributed by atoms with Gasteiger partial charge >= 0.3 is 5.97 Å². The van der Waals surface area contributed by atoms with Gasteiger partial charge in [-0.15, -0.1) is 0 Å². The molecule has 0 saturated carbocycles. The fraction of sp³-hybridized carbons (Fsp3) is 0.500. The molecule has 0 aliphatic rings. The lowest BCUT2D eigenvalue weighted by molar-refractivity contribution is -0.137. The molecule has 0 rings (SSSR count). The summed E-state index contributed by atoms with van der Waals surface area (Å²) >= 11 is 4.64. The van der Waals surface area contributed by atoms with Crippen molar-refractivity contribution in [1.82, 2.24) is 10.6 Å². The molecule has 0 aromatic carbocycles. The molecule has 0 aromatic heterocycles. The fourth-order valence-corrected chi connectivity index (χ4v) is 0.514. The molecule has 0 heterocycles. The van der Waals surface area contributed by atoms with Crippen LogP contribution >= 0.6 is 12.2 Å². The maximum absolute atomic E-state index is 10.8. The highest BCUT2D eigenvalue weighted by atomic mass is 32.1. The third-order valence-electron chi connectivity index (χ3n) is 0.935. The minimum atomic E-state index is -1.07. The standard InChI is InChI=1S/C6H10N2O3S/c1-4(12)7-2-5(9)8-3-6(10)11/h2-3H2,1H3,(H,7,12)(H,8,9)(H,10,11). The van der Waals surface area contributed by atoms with Crippen LogP contribution in [0.1, 0.15) is 6.92 Å². The molecule has 1 amide bonds. The molecule has 68 valence electrons. The second-order valence-electron chi connectivity index (χ2n) is 2.08. The van der Waals surface area contributed by atoms with Crippen LogP contribution in [0, 0.1) is 0 Å². The molecular formula is C6H10N2O3S. The van der Waals surface area contributed by atoms with Gasteiger partial charge in [-0.2, -0.15) is 0 Å². The van der Waals surface area contributed by atoms with Crippen LogP contribution in [-0.4, -0.2) is 35.1 Å². The maximum Gasteiger partial charge on any atom is 0.322 e. The Bertz CT molecular complexity index is 185. The average molecular weight is 190 g/mol. The lowest BCUT2D eigenvalue weighted by Gasteiger charge is -2.03. The van der Waals surface area contributed by atoms with Crippen molar-refractivity contribution in [3.63, 3.8) is 0 Å². The quantitative estimate of drug-likeness (QED) is 0.502. The van der Waals surface area contributed by atoms with Crippen LogP contribution in [0.2, 0.25) is 0 Å². The first-order chi connectivity index (χ1) is 5.52. The van der Waals surface area contributed by atoms with E-state index in [4.69, 9.17) is 5.11 Å². The minimum absolute atomic E-state index is 0.0165. The Labute approximate surface area is 75.1 Å². The van der Waals surface area contributed by atoms with Crippen LogP contribution < -0.4 is 10.6 Å². The Balaban J connectivity index is 3.47. The topological polar surface area (TPSA) is 78.4 Å². The van der Waals surface area contributed by atoms with Crippen molar-refractivity contribution in [2.75, 3.05) is 13.1 Å². The van der Waals surface area contributed by atoms with Gasteiger partial charge in [0.1, 0.15) is 6.54 Å². The number of thiocarbonyl (C=S) groups is 1. The van der Waals surface area contributed by atoms with Crippen molar-refractivity contribution in [3.05, 3.63) is 0 Å². The molecule has 5 nitrogen and oxygen atoms in total. The molecule has 12 heavy (non-hydrogen) atoms. The molecule has 0 aliphatic heterocycles. The number of carboxylic acid groups (broad SMARTS) is 1. The van der Waals surface area contributed by atoms with E-state index in [2.05, 4.69) is 22.9 Å². The van der Waals surface area contributed by atoms with Gasteiger partial charge in [0.05, 0.1) is 11.5 Å². The zero-order valence-corrected chi connectivity index (χ0v) is 7.40. The molecule has 0 atom stereocenters. The van der Waals surface area contributed by atoms with E-state index in [1.807, 2.05) is 0 Å². The van der Waals surface area contributed by atoms with Crippen molar-refractivity contribution >= 4 is 29.1 Å². The summed E-state index contributed by atoms with van der Waals surface area (Å²) in [6, 6.07) is 0. The Kier molecular flexibility index (Phi) is 4.94. The monoisotopic (exact) mass is 190 g/mol. The van der Waals surface area contributed by atoms with Crippen LogP contribution in [0.3, 0.4) is 0 Å². The van der Waals surface area contributed by atoms with Gasteiger partial charge in [-0.1, -0.05) is 12.2 Å². The zero-order chi connectivity index (χ0) is 9.56. The summed E-state index contributed by atoms with van der Waals surface area (Å²) in [6.07, 6.45) is 0. The van der Waals surface area contributed by atoms with Gasteiger partial charge in [0, 0.05) is 0 Å². The Hall–Kier alpha value is -1.17. The van der Waals surface area contributed by atoms with Gasteiger partial charge in [-0.05, 0) is 6.92 Å². The van der Waals surface area contributed by atoms with E-state index >= 15 is 0 Å². The number of carbonyl (C=O) groups excluding carboxylic acids is 1. The first kappa shape index (κ1) is 10.8. The van der Waals surface area contributed by atoms with Gasteiger partial charge in [0.15, 0.2) is 0 Å². The first-order valence-corrected chi connectivity index (χ1v) is 3.66. The highest BCUT2D eigenvalue weighted by molar-refractivity contribution is 7.80. The van der Waals surface area contributed by atoms with Crippen molar-refractivity contribution in [2.45, 2.75) is 6.92 Å². The third-order valence-corrected chi connectivity index (χ3v) is 1.08. The van der Waals surface area contributed by atoms with Crippen LogP contribution in [0.5, 0.6) is 0 Å². The first-order valence-electron chi connectivity index (χ1n) is 3.25. The van der Waals surface area contributed by atoms with Crippen LogP contribution in [0.25, 0.3) is 0 Å². The molecule has 3 N–H and O–H groups in total. The van der Waals surface area contributed by atoms with E-state index in [9.17, 15) is 9.59 Å². The minimum Gasteiger partial charge on any atom is -0.480 e. The molecule has 0 spiro atoms. The average Bonchev–Trinajstić information content (AvgIpc) is 1.96.